The molecule has 1 N–H and O–H groups in total. The quantitative estimate of drug-likeness (QED) is 0.929. The molecule has 0 spiro atoms. The molecule has 1 aromatic heterocycles. The van der Waals surface area contributed by atoms with Crippen molar-refractivity contribution in [2.45, 2.75) is 12.9 Å². The van der Waals surface area contributed by atoms with Gasteiger partial charge in [-0.05, 0) is 17.7 Å². The number of halogens is 3. The van der Waals surface area contributed by atoms with Crippen molar-refractivity contribution in [3.05, 3.63) is 41.7 Å². The summed E-state index contributed by atoms with van der Waals surface area (Å²) < 4.78 is 41.2. The van der Waals surface area contributed by atoms with Crippen molar-refractivity contribution in [1.82, 2.24) is 15.0 Å². The maximum atomic E-state index is 12.1. The van der Waals surface area contributed by atoms with Gasteiger partial charge in [0.15, 0.2) is 5.69 Å². The minimum atomic E-state index is -4.76. The van der Waals surface area contributed by atoms with E-state index in [9.17, 15) is 18.0 Å². The normalized spacial score (nSPS) is 11.3. The molecular formula is C11H8F3N3O3. The Bertz CT molecular complexity index is 625. The second kappa shape index (κ2) is 5.19. The van der Waals surface area contributed by atoms with Crippen molar-refractivity contribution in [3.8, 4) is 5.75 Å². The maximum absolute atomic E-state index is 12.1. The van der Waals surface area contributed by atoms with Gasteiger partial charge in [0.05, 0.1) is 12.7 Å². The van der Waals surface area contributed by atoms with E-state index in [2.05, 4.69) is 15.0 Å². The molecule has 6 nitrogen and oxygen atoms in total. The van der Waals surface area contributed by atoms with Crippen molar-refractivity contribution in [3.63, 3.8) is 0 Å². The highest BCUT2D eigenvalue weighted by molar-refractivity contribution is 5.84. The number of carbonyl (C=O) groups is 1. The lowest BCUT2D eigenvalue weighted by atomic mass is 10.2. The number of carboxylic acid groups (broad SMARTS) is 1. The van der Waals surface area contributed by atoms with E-state index in [-0.39, 0.29) is 18.0 Å². The molecule has 9 heteroatoms. The number of ether oxygens (including phenoxy) is 1. The standard InChI is InChI=1S/C11H8F3N3O3/c12-11(13,14)20-8-3-1-2-7(4-8)5-17-6-9(10(18)19)15-16-17/h1-4,6H,5H2,(H,18,19). The highest BCUT2D eigenvalue weighted by atomic mass is 19.4. The number of nitrogens with zero attached hydrogens (tertiary/aromatic N) is 3. The first kappa shape index (κ1) is 13.8. The molecule has 1 heterocycles. The number of alkyl halides is 3. The van der Waals surface area contributed by atoms with Crippen LogP contribution in [-0.4, -0.2) is 32.4 Å². The molecule has 0 amide bonds. The fourth-order valence-electron chi connectivity index (χ4n) is 1.50. The van der Waals surface area contributed by atoms with Gasteiger partial charge in [0.2, 0.25) is 0 Å². The third-order valence-electron chi connectivity index (χ3n) is 2.23. The molecule has 20 heavy (non-hydrogen) atoms. The predicted molar refractivity (Wildman–Crippen MR) is 59.2 cm³/mol. The summed E-state index contributed by atoms with van der Waals surface area (Å²) >= 11 is 0. The summed E-state index contributed by atoms with van der Waals surface area (Å²) in [5.41, 5.74) is 0.223. The molecule has 0 saturated heterocycles. The number of carboxylic acids is 1. The number of aromatic carboxylic acids is 1. The molecule has 0 fully saturated rings. The minimum Gasteiger partial charge on any atom is -0.476 e. The molecular weight excluding hydrogens is 279 g/mol. The van der Waals surface area contributed by atoms with E-state index in [0.717, 1.165) is 0 Å². The van der Waals surface area contributed by atoms with Gasteiger partial charge in [-0.15, -0.1) is 18.3 Å². The summed E-state index contributed by atoms with van der Waals surface area (Å²) in [4.78, 5) is 10.6. The molecule has 2 aromatic rings. The Kier molecular flexibility index (Phi) is 3.59. The lowest BCUT2D eigenvalue weighted by Crippen LogP contribution is -2.17. The van der Waals surface area contributed by atoms with Crippen molar-refractivity contribution in [2.24, 2.45) is 0 Å². The van der Waals surface area contributed by atoms with Crippen molar-refractivity contribution < 1.29 is 27.8 Å². The molecule has 106 valence electrons. The van der Waals surface area contributed by atoms with Gasteiger partial charge >= 0.3 is 12.3 Å². The van der Waals surface area contributed by atoms with Crippen LogP contribution in [0.5, 0.6) is 5.75 Å². The van der Waals surface area contributed by atoms with E-state index in [1.165, 1.54) is 29.1 Å². The van der Waals surface area contributed by atoms with E-state index in [1.807, 2.05) is 0 Å². The second-order valence-corrected chi connectivity index (χ2v) is 3.80. The van der Waals surface area contributed by atoms with E-state index in [1.54, 1.807) is 6.07 Å². The van der Waals surface area contributed by atoms with Crippen molar-refractivity contribution >= 4 is 5.97 Å². The molecule has 0 atom stereocenters. The number of aromatic nitrogens is 3. The fraction of sp³-hybridized carbons (Fsp3) is 0.182. The Morgan fingerprint density at radius 3 is 2.75 bits per heavy atom. The average molecular weight is 287 g/mol. The Hall–Kier alpha value is -2.58. The fourth-order valence-corrected chi connectivity index (χ4v) is 1.50. The van der Waals surface area contributed by atoms with Gasteiger partial charge in [0.25, 0.3) is 0 Å². The van der Waals surface area contributed by atoms with Gasteiger partial charge in [0, 0.05) is 0 Å². The molecule has 0 aliphatic rings. The van der Waals surface area contributed by atoms with Crippen LogP contribution in [0, 0.1) is 0 Å². The second-order valence-electron chi connectivity index (χ2n) is 3.80. The summed E-state index contributed by atoms with van der Waals surface area (Å²) in [7, 11) is 0. The van der Waals surface area contributed by atoms with Gasteiger partial charge in [-0.3, -0.25) is 0 Å². The van der Waals surface area contributed by atoms with Gasteiger partial charge in [-0.2, -0.15) is 0 Å². The van der Waals surface area contributed by atoms with Crippen LogP contribution in [0.1, 0.15) is 16.1 Å². The van der Waals surface area contributed by atoms with E-state index >= 15 is 0 Å². The summed E-state index contributed by atoms with van der Waals surface area (Å²) in [6.45, 7) is 0.0787. The molecule has 0 saturated carbocycles. The van der Waals surface area contributed by atoms with E-state index < -0.39 is 12.3 Å². The van der Waals surface area contributed by atoms with Crippen LogP contribution in [-0.2, 0) is 6.54 Å². The monoisotopic (exact) mass is 287 g/mol. The highest BCUT2D eigenvalue weighted by Crippen LogP contribution is 2.23. The Morgan fingerprint density at radius 2 is 2.15 bits per heavy atom. The Balaban J connectivity index is 2.13. The van der Waals surface area contributed by atoms with Crippen molar-refractivity contribution in [2.75, 3.05) is 0 Å². The molecule has 0 unspecified atom stereocenters. The molecule has 2 rings (SSSR count). The Morgan fingerprint density at radius 1 is 1.40 bits per heavy atom. The van der Waals surface area contributed by atoms with Crippen LogP contribution in [0.3, 0.4) is 0 Å². The third kappa shape index (κ3) is 3.70. The highest BCUT2D eigenvalue weighted by Gasteiger charge is 2.31. The maximum Gasteiger partial charge on any atom is 0.573 e. The van der Waals surface area contributed by atoms with Gasteiger partial charge in [0.1, 0.15) is 5.75 Å². The summed E-state index contributed by atoms with van der Waals surface area (Å²) in [6.07, 6.45) is -3.58. The van der Waals surface area contributed by atoms with Crippen LogP contribution in [0.4, 0.5) is 13.2 Å². The predicted octanol–water partition coefficient (Wildman–Crippen LogP) is 1.92. The van der Waals surface area contributed by atoms with Crippen LogP contribution in [0.25, 0.3) is 0 Å². The number of benzene rings is 1. The van der Waals surface area contributed by atoms with Crippen LogP contribution in [0.2, 0.25) is 0 Å². The zero-order valence-corrected chi connectivity index (χ0v) is 9.83. The first-order chi connectivity index (χ1) is 9.33. The Labute approximate surface area is 110 Å². The SMILES string of the molecule is O=C(O)c1cn(Cc2cccc(OC(F)(F)F)c2)nn1. The van der Waals surface area contributed by atoms with Gasteiger partial charge < -0.3 is 9.84 Å². The van der Waals surface area contributed by atoms with Crippen LogP contribution >= 0.6 is 0 Å². The lowest BCUT2D eigenvalue weighted by Gasteiger charge is -2.09. The largest absolute Gasteiger partial charge is 0.573 e. The smallest absolute Gasteiger partial charge is 0.476 e. The van der Waals surface area contributed by atoms with E-state index in [4.69, 9.17) is 5.11 Å². The number of hydrogen-bond donors (Lipinski definition) is 1. The minimum absolute atomic E-state index is 0.0787. The van der Waals surface area contributed by atoms with E-state index in [0.29, 0.717) is 5.56 Å². The van der Waals surface area contributed by atoms with Gasteiger partial charge in [-0.1, -0.05) is 17.3 Å². The summed E-state index contributed by atoms with van der Waals surface area (Å²) in [6, 6.07) is 5.31. The number of hydrogen-bond acceptors (Lipinski definition) is 4. The molecule has 0 bridgehead atoms. The lowest BCUT2D eigenvalue weighted by molar-refractivity contribution is -0.274. The molecule has 0 radical (unpaired) electrons. The zero-order valence-electron chi connectivity index (χ0n) is 9.83. The first-order valence-corrected chi connectivity index (χ1v) is 5.31. The summed E-state index contributed by atoms with van der Waals surface area (Å²) in [5.74, 6) is -1.58. The summed E-state index contributed by atoms with van der Waals surface area (Å²) in [5, 5.41) is 15.6. The van der Waals surface area contributed by atoms with Crippen LogP contribution in [0.15, 0.2) is 30.5 Å². The number of rotatable bonds is 4. The molecule has 1 aromatic carbocycles. The first-order valence-electron chi connectivity index (χ1n) is 5.31. The van der Waals surface area contributed by atoms with Gasteiger partial charge in [-0.25, -0.2) is 9.48 Å². The topological polar surface area (TPSA) is 77.2 Å². The van der Waals surface area contributed by atoms with Crippen molar-refractivity contribution in [1.29, 1.82) is 0 Å². The molecule has 0 aliphatic carbocycles. The average Bonchev–Trinajstić information content (AvgIpc) is 2.75. The zero-order chi connectivity index (χ0) is 14.8. The van der Waals surface area contributed by atoms with Crippen LogP contribution < -0.4 is 4.74 Å². The third-order valence-corrected chi connectivity index (χ3v) is 2.23. The molecule has 0 aliphatic heterocycles.